The molecule has 0 saturated carbocycles. The fourth-order valence-electron chi connectivity index (χ4n) is 3.04. The molecule has 0 bridgehead atoms. The number of Topliss-reactive ketones (excluding diaryl/α,β-unsaturated/α-hetero) is 1. The largest absolute Gasteiger partial charge is 0.507 e. The van der Waals surface area contributed by atoms with E-state index < -0.39 is 23.3 Å². The first-order valence-corrected chi connectivity index (χ1v) is 6.89. The lowest BCUT2D eigenvalue weighted by molar-refractivity contribution is -0.0664. The van der Waals surface area contributed by atoms with Crippen LogP contribution in [0.25, 0.3) is 0 Å². The molecule has 0 saturated heterocycles. The lowest BCUT2D eigenvalue weighted by atomic mass is 9.76. The van der Waals surface area contributed by atoms with Crippen LogP contribution in [0.4, 0.5) is 0 Å². The number of methoxy groups -OCH3 is 1. The zero-order valence-corrected chi connectivity index (χ0v) is 12.2. The second-order valence-electron chi connectivity index (χ2n) is 5.95. The Hall–Kier alpha value is -2.18. The Balaban J connectivity index is 2.22. The third kappa shape index (κ3) is 1.95. The van der Waals surface area contributed by atoms with Crippen molar-refractivity contribution in [3.63, 3.8) is 0 Å². The molecule has 0 aromatic heterocycles. The van der Waals surface area contributed by atoms with Crippen molar-refractivity contribution in [2.75, 3.05) is 7.11 Å². The van der Waals surface area contributed by atoms with Gasteiger partial charge < -0.3 is 20.1 Å². The first-order valence-electron chi connectivity index (χ1n) is 6.89. The minimum absolute atomic E-state index is 0.0176. The van der Waals surface area contributed by atoms with Crippen LogP contribution in [-0.2, 0) is 17.6 Å². The van der Waals surface area contributed by atoms with Gasteiger partial charge in [0.15, 0.2) is 11.5 Å². The van der Waals surface area contributed by atoms with E-state index in [0.29, 0.717) is 11.1 Å². The van der Waals surface area contributed by atoms with E-state index in [1.807, 2.05) is 0 Å². The molecule has 3 N–H and O–H groups in total. The first kappa shape index (κ1) is 14.7. The van der Waals surface area contributed by atoms with Gasteiger partial charge in [-0.2, -0.15) is 0 Å². The standard InChI is InChI=1S/C16H16O6/c1-16(21)6-7-3-9-13(15(20)8(7)4-12(16)18)10(17)5-11(22-2)14(9)19/h3,5,12,18,20-21H,4,6H2,1-2H3/t12-,16+/m1/s1. The van der Waals surface area contributed by atoms with Gasteiger partial charge in [0.05, 0.1) is 24.4 Å². The van der Waals surface area contributed by atoms with Crippen molar-refractivity contribution in [2.24, 2.45) is 0 Å². The first-order chi connectivity index (χ1) is 10.3. The van der Waals surface area contributed by atoms with Crippen molar-refractivity contribution in [3.8, 4) is 5.75 Å². The molecule has 2 aliphatic carbocycles. The van der Waals surface area contributed by atoms with Crippen LogP contribution < -0.4 is 0 Å². The third-order valence-corrected chi connectivity index (χ3v) is 4.36. The van der Waals surface area contributed by atoms with Gasteiger partial charge in [-0.15, -0.1) is 0 Å². The van der Waals surface area contributed by atoms with Gasteiger partial charge in [-0.25, -0.2) is 0 Å². The molecule has 0 fully saturated rings. The number of benzene rings is 1. The number of ether oxygens (including phenoxy) is 1. The quantitative estimate of drug-likeness (QED) is 0.698. The number of phenols is 1. The van der Waals surface area contributed by atoms with Crippen LogP contribution in [-0.4, -0.2) is 45.7 Å². The number of aromatic hydroxyl groups is 1. The highest BCUT2D eigenvalue weighted by molar-refractivity contribution is 6.25. The summed E-state index contributed by atoms with van der Waals surface area (Å²) in [7, 11) is 1.29. The zero-order chi connectivity index (χ0) is 16.2. The predicted octanol–water partition coefficient (Wildman–Crippen LogP) is 0.512. The van der Waals surface area contributed by atoms with Crippen LogP contribution in [0.3, 0.4) is 0 Å². The monoisotopic (exact) mass is 304 g/mol. The number of hydrogen-bond acceptors (Lipinski definition) is 6. The van der Waals surface area contributed by atoms with Gasteiger partial charge in [-0.05, 0) is 18.6 Å². The fourth-order valence-corrected chi connectivity index (χ4v) is 3.04. The average Bonchev–Trinajstić information content (AvgIpc) is 2.44. The Labute approximate surface area is 126 Å². The van der Waals surface area contributed by atoms with E-state index in [2.05, 4.69) is 0 Å². The maximum Gasteiger partial charge on any atom is 0.228 e. The summed E-state index contributed by atoms with van der Waals surface area (Å²) in [5, 5.41) is 30.5. The number of aliphatic hydroxyl groups excluding tert-OH is 1. The summed E-state index contributed by atoms with van der Waals surface area (Å²) >= 11 is 0. The maximum absolute atomic E-state index is 12.3. The summed E-state index contributed by atoms with van der Waals surface area (Å²) in [6, 6.07) is 1.50. The highest BCUT2D eigenvalue weighted by Crippen LogP contribution is 2.40. The van der Waals surface area contributed by atoms with Crippen molar-refractivity contribution < 1.29 is 29.6 Å². The molecule has 116 valence electrons. The fraction of sp³-hybridized carbons (Fsp3) is 0.375. The summed E-state index contributed by atoms with van der Waals surface area (Å²) in [6.45, 7) is 1.49. The molecule has 2 aliphatic rings. The number of allylic oxidation sites excluding steroid dienone is 2. The lowest BCUT2D eigenvalue weighted by Crippen LogP contribution is -2.46. The number of phenolic OH excluding ortho intramolecular Hbond substituents is 1. The number of carbonyl (C=O) groups is 2. The smallest absolute Gasteiger partial charge is 0.228 e. The van der Waals surface area contributed by atoms with E-state index in [9.17, 15) is 24.9 Å². The molecule has 0 spiro atoms. The number of hydrogen-bond donors (Lipinski definition) is 3. The maximum atomic E-state index is 12.3. The number of ketones is 2. The Morgan fingerprint density at radius 3 is 2.68 bits per heavy atom. The van der Waals surface area contributed by atoms with E-state index in [4.69, 9.17) is 4.74 Å². The second kappa shape index (κ2) is 4.66. The number of rotatable bonds is 1. The van der Waals surface area contributed by atoms with Crippen LogP contribution in [0.2, 0.25) is 0 Å². The minimum Gasteiger partial charge on any atom is -0.507 e. The van der Waals surface area contributed by atoms with Crippen molar-refractivity contribution >= 4 is 11.6 Å². The molecular weight excluding hydrogens is 288 g/mol. The van der Waals surface area contributed by atoms with Gasteiger partial charge >= 0.3 is 0 Å². The number of fused-ring (bicyclic) bond motifs is 2. The van der Waals surface area contributed by atoms with Crippen molar-refractivity contribution in [1.29, 1.82) is 0 Å². The summed E-state index contributed by atoms with van der Waals surface area (Å²) in [4.78, 5) is 24.4. The molecule has 22 heavy (non-hydrogen) atoms. The number of aliphatic hydroxyl groups is 2. The lowest BCUT2D eigenvalue weighted by Gasteiger charge is -2.36. The normalized spacial score (nSPS) is 27.1. The summed E-state index contributed by atoms with van der Waals surface area (Å²) in [5.74, 6) is -1.38. The molecule has 0 amide bonds. The van der Waals surface area contributed by atoms with Gasteiger partial charge in [0.25, 0.3) is 0 Å². The Morgan fingerprint density at radius 2 is 2.05 bits per heavy atom. The summed E-state index contributed by atoms with van der Waals surface area (Å²) < 4.78 is 4.89. The van der Waals surface area contributed by atoms with Crippen LogP contribution in [0.1, 0.15) is 38.8 Å². The van der Waals surface area contributed by atoms with Crippen LogP contribution in [0.15, 0.2) is 17.9 Å². The SMILES string of the molecule is COC1=CC(=O)c2c(cc3c(c2O)C[C@@H](O)[C@@](C)(O)C3)C1=O. The third-order valence-electron chi connectivity index (χ3n) is 4.36. The van der Waals surface area contributed by atoms with Gasteiger partial charge in [-0.3, -0.25) is 9.59 Å². The predicted molar refractivity (Wildman–Crippen MR) is 75.9 cm³/mol. The van der Waals surface area contributed by atoms with Crippen molar-refractivity contribution in [2.45, 2.75) is 31.5 Å². The van der Waals surface area contributed by atoms with E-state index in [-0.39, 0.29) is 35.5 Å². The Kier molecular flexibility index (Phi) is 3.12. The topological polar surface area (TPSA) is 104 Å². The molecule has 0 unspecified atom stereocenters. The summed E-state index contributed by atoms with van der Waals surface area (Å²) in [5.41, 5.74) is -0.417. The van der Waals surface area contributed by atoms with Crippen LogP contribution in [0.5, 0.6) is 5.75 Å². The Morgan fingerprint density at radius 1 is 1.36 bits per heavy atom. The molecule has 0 aliphatic heterocycles. The molecule has 3 rings (SSSR count). The average molecular weight is 304 g/mol. The van der Waals surface area contributed by atoms with E-state index in [0.717, 1.165) is 6.08 Å². The van der Waals surface area contributed by atoms with E-state index in [1.54, 1.807) is 0 Å². The molecular formula is C16H16O6. The van der Waals surface area contributed by atoms with E-state index >= 15 is 0 Å². The summed E-state index contributed by atoms with van der Waals surface area (Å²) in [6.07, 6.45) is 0.0942. The van der Waals surface area contributed by atoms with Gasteiger partial charge in [0, 0.05) is 30.0 Å². The van der Waals surface area contributed by atoms with Crippen LogP contribution >= 0.6 is 0 Å². The highest BCUT2D eigenvalue weighted by atomic mass is 16.5. The molecule has 0 heterocycles. The van der Waals surface area contributed by atoms with Crippen molar-refractivity contribution in [3.05, 3.63) is 40.2 Å². The Bertz CT molecular complexity index is 729. The number of carbonyl (C=O) groups excluding carboxylic acids is 2. The molecule has 0 radical (unpaired) electrons. The molecule has 6 nitrogen and oxygen atoms in total. The van der Waals surface area contributed by atoms with Gasteiger partial charge in [0.1, 0.15) is 5.75 Å². The molecule has 1 aromatic rings. The second-order valence-corrected chi connectivity index (χ2v) is 5.95. The van der Waals surface area contributed by atoms with Crippen molar-refractivity contribution in [1.82, 2.24) is 0 Å². The van der Waals surface area contributed by atoms with Crippen LogP contribution in [0, 0.1) is 0 Å². The molecule has 2 atom stereocenters. The molecule has 6 heteroatoms. The van der Waals surface area contributed by atoms with E-state index in [1.165, 1.54) is 20.1 Å². The molecule has 1 aromatic carbocycles. The van der Waals surface area contributed by atoms with Gasteiger partial charge in [-0.1, -0.05) is 0 Å². The zero-order valence-electron chi connectivity index (χ0n) is 12.2. The minimum atomic E-state index is -1.35. The highest BCUT2D eigenvalue weighted by Gasteiger charge is 2.40. The van der Waals surface area contributed by atoms with Gasteiger partial charge in [0.2, 0.25) is 5.78 Å².